The molecule has 1 rings (SSSR count). The Bertz CT molecular complexity index is 521. The molecule has 3 atom stereocenters. The lowest BCUT2D eigenvalue weighted by molar-refractivity contribution is -0.155. The molecular weight excluding hydrogens is 352 g/mol. The third-order valence-corrected chi connectivity index (χ3v) is 9.48. The maximum Gasteiger partial charge on any atom is 0.333 e. The molecular formula is C19H36O6Si. The third kappa shape index (κ3) is 6.16. The smallest absolute Gasteiger partial charge is 0.333 e. The number of hydrogen-bond donors (Lipinski definition) is 1. The van der Waals surface area contributed by atoms with Crippen LogP contribution in [0.1, 0.15) is 48.5 Å². The van der Waals surface area contributed by atoms with Crippen molar-refractivity contribution in [2.24, 2.45) is 0 Å². The predicted molar refractivity (Wildman–Crippen MR) is 103 cm³/mol. The standard InChI is InChI=1S/C19H36O6Si/c1-10-22-17(21)13(2)11-15-16(25-19(6,7)24-15)14(20)12-23-26(8,9)18(3,4)5/h11,14-16,20H,10,12H2,1-9H3/b13-11+/t14-,15+,16-/m1/s1. The topological polar surface area (TPSA) is 74.2 Å². The average molecular weight is 389 g/mol. The molecule has 0 bridgehead atoms. The fourth-order valence-electron chi connectivity index (χ4n) is 2.41. The van der Waals surface area contributed by atoms with Gasteiger partial charge in [0.2, 0.25) is 0 Å². The highest BCUT2D eigenvalue weighted by Gasteiger charge is 2.45. The van der Waals surface area contributed by atoms with Crippen molar-refractivity contribution in [2.75, 3.05) is 13.2 Å². The summed E-state index contributed by atoms with van der Waals surface area (Å²) < 4.78 is 22.9. The van der Waals surface area contributed by atoms with Crippen LogP contribution in [0, 0.1) is 0 Å². The molecule has 0 aromatic rings. The minimum atomic E-state index is -1.98. The van der Waals surface area contributed by atoms with Crippen LogP contribution in [-0.4, -0.2) is 56.7 Å². The molecule has 0 aromatic heterocycles. The quantitative estimate of drug-likeness (QED) is 0.409. The summed E-state index contributed by atoms with van der Waals surface area (Å²) >= 11 is 0. The molecule has 0 amide bonds. The lowest BCUT2D eigenvalue weighted by Gasteiger charge is -2.37. The monoisotopic (exact) mass is 388 g/mol. The van der Waals surface area contributed by atoms with Crippen LogP contribution in [0.25, 0.3) is 0 Å². The van der Waals surface area contributed by atoms with Gasteiger partial charge in [0.05, 0.1) is 13.2 Å². The summed E-state index contributed by atoms with van der Waals surface area (Å²) in [5, 5.41) is 10.7. The molecule has 1 heterocycles. The second kappa shape index (κ2) is 8.52. The molecule has 6 nitrogen and oxygen atoms in total. The number of carbonyl (C=O) groups excluding carboxylic acids is 1. The molecule has 26 heavy (non-hydrogen) atoms. The summed E-state index contributed by atoms with van der Waals surface area (Å²) in [4.78, 5) is 11.9. The summed E-state index contributed by atoms with van der Waals surface area (Å²) in [7, 11) is -1.98. The highest BCUT2D eigenvalue weighted by molar-refractivity contribution is 6.74. The number of carbonyl (C=O) groups is 1. The Labute approximate surface area is 159 Å². The van der Waals surface area contributed by atoms with E-state index in [2.05, 4.69) is 33.9 Å². The lowest BCUT2D eigenvalue weighted by atomic mass is 10.1. The van der Waals surface area contributed by atoms with Crippen LogP contribution in [0.3, 0.4) is 0 Å². The number of ether oxygens (including phenoxy) is 3. The Balaban J connectivity index is 2.86. The van der Waals surface area contributed by atoms with Gasteiger partial charge < -0.3 is 23.7 Å². The van der Waals surface area contributed by atoms with Crippen LogP contribution < -0.4 is 0 Å². The summed E-state index contributed by atoms with van der Waals surface area (Å²) in [6, 6.07) is 0. The SMILES string of the molecule is CCOC(=O)/C(C)=C/[C@@H]1OC(C)(C)O[C@@H]1[C@H](O)CO[Si](C)(C)C(C)(C)C. The van der Waals surface area contributed by atoms with Gasteiger partial charge in [-0.2, -0.15) is 0 Å². The third-order valence-electron chi connectivity index (χ3n) is 4.98. The van der Waals surface area contributed by atoms with Crippen molar-refractivity contribution in [3.8, 4) is 0 Å². The van der Waals surface area contributed by atoms with Gasteiger partial charge in [-0.15, -0.1) is 0 Å². The summed E-state index contributed by atoms with van der Waals surface area (Å²) in [5.74, 6) is -1.25. The molecule has 0 saturated carbocycles. The molecule has 0 aromatic carbocycles. The Hall–Kier alpha value is -0.733. The van der Waals surface area contributed by atoms with Crippen LogP contribution in [0.5, 0.6) is 0 Å². The van der Waals surface area contributed by atoms with Gasteiger partial charge in [0.1, 0.15) is 18.3 Å². The first kappa shape index (κ1) is 23.3. The van der Waals surface area contributed by atoms with Crippen molar-refractivity contribution in [1.82, 2.24) is 0 Å². The van der Waals surface area contributed by atoms with Crippen molar-refractivity contribution in [2.45, 2.75) is 90.7 Å². The van der Waals surface area contributed by atoms with E-state index < -0.39 is 38.4 Å². The fraction of sp³-hybridized carbons (Fsp3) is 0.842. The molecule has 1 fully saturated rings. The number of hydrogen-bond acceptors (Lipinski definition) is 6. The molecule has 1 N–H and O–H groups in total. The predicted octanol–water partition coefficient (Wildman–Crippen LogP) is 3.40. The molecule has 0 radical (unpaired) electrons. The highest BCUT2D eigenvalue weighted by atomic mass is 28.4. The first-order valence-electron chi connectivity index (χ1n) is 9.23. The molecule has 1 saturated heterocycles. The number of esters is 1. The first-order valence-corrected chi connectivity index (χ1v) is 12.1. The van der Waals surface area contributed by atoms with Crippen molar-refractivity contribution in [1.29, 1.82) is 0 Å². The van der Waals surface area contributed by atoms with Gasteiger partial charge in [0.15, 0.2) is 14.1 Å². The molecule has 0 unspecified atom stereocenters. The van der Waals surface area contributed by atoms with Gasteiger partial charge in [-0.1, -0.05) is 20.8 Å². The largest absolute Gasteiger partial charge is 0.463 e. The van der Waals surface area contributed by atoms with E-state index in [1.54, 1.807) is 33.8 Å². The van der Waals surface area contributed by atoms with Crippen LogP contribution in [0.15, 0.2) is 11.6 Å². The van der Waals surface area contributed by atoms with Crippen LogP contribution >= 0.6 is 0 Å². The van der Waals surface area contributed by atoms with Gasteiger partial charge in [0.25, 0.3) is 0 Å². The number of rotatable bonds is 7. The Morgan fingerprint density at radius 2 is 1.88 bits per heavy atom. The van der Waals surface area contributed by atoms with E-state index in [1.165, 1.54) is 0 Å². The van der Waals surface area contributed by atoms with Gasteiger partial charge in [-0.05, 0) is 51.9 Å². The van der Waals surface area contributed by atoms with Crippen LogP contribution in [0.2, 0.25) is 18.1 Å². The van der Waals surface area contributed by atoms with Crippen LogP contribution in [0.4, 0.5) is 0 Å². The molecule has 0 aliphatic carbocycles. The van der Waals surface area contributed by atoms with E-state index in [0.717, 1.165) is 0 Å². The Kier molecular flexibility index (Phi) is 7.64. The minimum absolute atomic E-state index is 0.0544. The van der Waals surface area contributed by atoms with E-state index in [1.807, 2.05) is 0 Å². The van der Waals surface area contributed by atoms with Crippen LogP contribution in [-0.2, 0) is 23.4 Å². The zero-order valence-corrected chi connectivity index (χ0v) is 18.7. The van der Waals surface area contributed by atoms with Crippen molar-refractivity contribution < 1.29 is 28.5 Å². The number of aliphatic hydroxyl groups excluding tert-OH is 1. The lowest BCUT2D eigenvalue weighted by Crippen LogP contribution is -2.46. The van der Waals surface area contributed by atoms with Gasteiger partial charge in [-0.3, -0.25) is 0 Å². The van der Waals surface area contributed by atoms with Gasteiger partial charge >= 0.3 is 5.97 Å². The zero-order chi connectivity index (χ0) is 20.3. The second-order valence-electron chi connectivity index (χ2n) is 8.77. The van der Waals surface area contributed by atoms with E-state index in [0.29, 0.717) is 12.2 Å². The van der Waals surface area contributed by atoms with Crippen molar-refractivity contribution >= 4 is 14.3 Å². The average Bonchev–Trinajstić information content (AvgIpc) is 2.78. The zero-order valence-electron chi connectivity index (χ0n) is 17.7. The molecule has 152 valence electrons. The Morgan fingerprint density at radius 3 is 2.38 bits per heavy atom. The first-order chi connectivity index (χ1) is 11.7. The maximum absolute atomic E-state index is 11.9. The summed E-state index contributed by atoms with van der Waals surface area (Å²) in [6.45, 7) is 18.2. The van der Waals surface area contributed by atoms with E-state index in [4.69, 9.17) is 18.6 Å². The van der Waals surface area contributed by atoms with Crippen molar-refractivity contribution in [3.63, 3.8) is 0 Å². The maximum atomic E-state index is 11.9. The van der Waals surface area contributed by atoms with E-state index in [-0.39, 0.29) is 11.6 Å². The van der Waals surface area contributed by atoms with E-state index in [9.17, 15) is 9.90 Å². The molecule has 7 heteroatoms. The summed E-state index contributed by atoms with van der Waals surface area (Å²) in [6.07, 6.45) is -0.360. The van der Waals surface area contributed by atoms with Crippen molar-refractivity contribution in [3.05, 3.63) is 11.6 Å². The van der Waals surface area contributed by atoms with E-state index >= 15 is 0 Å². The van der Waals surface area contributed by atoms with Gasteiger partial charge in [0, 0.05) is 5.57 Å². The van der Waals surface area contributed by atoms with Gasteiger partial charge in [-0.25, -0.2) is 4.79 Å². The fourth-order valence-corrected chi connectivity index (χ4v) is 3.43. The molecule has 0 spiro atoms. The Morgan fingerprint density at radius 1 is 1.31 bits per heavy atom. The minimum Gasteiger partial charge on any atom is -0.463 e. The number of aliphatic hydroxyl groups is 1. The summed E-state index contributed by atoms with van der Waals surface area (Å²) in [5.41, 5.74) is 0.431. The normalized spacial score (nSPS) is 25.2. The second-order valence-corrected chi connectivity index (χ2v) is 13.6. The molecule has 1 aliphatic heterocycles. The highest BCUT2D eigenvalue weighted by Crippen LogP contribution is 2.37. The molecule has 1 aliphatic rings.